The zero-order chi connectivity index (χ0) is 36.2. The normalized spacial score (nSPS) is 48.4. The Morgan fingerprint density at radius 2 is 1.51 bits per heavy atom. The summed E-state index contributed by atoms with van der Waals surface area (Å²) in [5.41, 5.74) is -1.08. The van der Waals surface area contributed by atoms with Crippen LogP contribution >= 0.6 is 0 Å². The summed E-state index contributed by atoms with van der Waals surface area (Å²) < 4.78 is 57.4. The van der Waals surface area contributed by atoms with E-state index in [-0.39, 0.29) is 48.5 Å². The molecule has 13 nitrogen and oxygen atoms in total. The Hall–Kier alpha value is -0.490. The predicted octanol–water partition coefficient (Wildman–Crippen LogP) is 1.56. The summed E-state index contributed by atoms with van der Waals surface area (Å²) in [4.78, 5) is 0. The van der Waals surface area contributed by atoms with Gasteiger partial charge in [-0.2, -0.15) is 0 Å². The third-order valence-electron chi connectivity index (χ3n) is 14.1. The van der Waals surface area contributed by atoms with Crippen LogP contribution in [-0.2, 0) is 28.8 Å². The number of ether oxygens (including phenoxy) is 3. The maximum atomic E-state index is 11.9. The van der Waals surface area contributed by atoms with Gasteiger partial charge in [-0.1, -0.05) is 41.0 Å². The van der Waals surface area contributed by atoms with Crippen LogP contribution in [0, 0.1) is 58.2 Å². The molecule has 0 radical (unpaired) electrons. The Morgan fingerprint density at radius 1 is 0.837 bits per heavy atom. The van der Waals surface area contributed by atoms with Gasteiger partial charge in [-0.3, -0.25) is 4.18 Å². The molecule has 5 fully saturated rings. The summed E-state index contributed by atoms with van der Waals surface area (Å²) in [6, 6.07) is 0. The van der Waals surface area contributed by atoms with E-state index >= 15 is 0 Å². The molecule has 5 rings (SSSR count). The monoisotopic (exact) mass is 721 g/mol. The van der Waals surface area contributed by atoms with Crippen molar-refractivity contribution < 1.29 is 62.0 Å². The summed E-state index contributed by atoms with van der Waals surface area (Å²) in [7, 11) is -3.66. The van der Waals surface area contributed by atoms with Crippen molar-refractivity contribution in [2.24, 2.45) is 58.2 Å². The molecule has 0 spiro atoms. The second-order valence-electron chi connectivity index (χ2n) is 16.9. The van der Waals surface area contributed by atoms with Crippen LogP contribution in [0.1, 0.15) is 86.0 Å². The van der Waals surface area contributed by atoms with E-state index in [0.29, 0.717) is 31.8 Å². The molecule has 1 saturated heterocycles. The van der Waals surface area contributed by atoms with Gasteiger partial charge in [-0.25, -0.2) is 8.42 Å². The average Bonchev–Trinajstić information content (AvgIpc) is 3.22. The standard InChI is InChI=1S/C35H62O13S/c1-17(2)19(11-14-46-33-32(41)29(38)24(45-6)16-47-33)8-7-18(3)25-30(39)31(40)26-20-15-23(48-49(42,43)44)27-28(37)22(36)10-13-34(27,4)21(20)9-12-35(25,26)5/h17-33,36-41H,7-16H2,1-6H3,(H,42,43,44)/p-1/t18-,19-,20-,21+,22+,23+,24-,25+,26-,27+,28+,29+,30-,31+,32-,33-,34-,35-/m1/s1. The molecular weight excluding hydrogens is 660 g/mol. The summed E-state index contributed by atoms with van der Waals surface area (Å²) >= 11 is 0. The van der Waals surface area contributed by atoms with E-state index in [4.69, 9.17) is 18.4 Å². The lowest BCUT2D eigenvalue weighted by molar-refractivity contribution is -0.274. The topological polar surface area (TPSA) is 215 Å². The van der Waals surface area contributed by atoms with Gasteiger partial charge < -0.3 is 49.4 Å². The largest absolute Gasteiger partial charge is 0.726 e. The quantitative estimate of drug-likeness (QED) is 0.125. The Balaban J connectivity index is 1.27. The molecule has 4 aliphatic carbocycles. The van der Waals surface area contributed by atoms with Crippen molar-refractivity contribution >= 4 is 10.4 Å². The molecule has 0 aromatic heterocycles. The van der Waals surface area contributed by atoms with Gasteiger partial charge in [0.25, 0.3) is 0 Å². The van der Waals surface area contributed by atoms with Crippen molar-refractivity contribution in [3.05, 3.63) is 0 Å². The van der Waals surface area contributed by atoms with Gasteiger partial charge in [0.05, 0.1) is 43.7 Å². The maximum Gasteiger partial charge on any atom is 0.217 e. The molecule has 0 unspecified atom stereocenters. The third-order valence-corrected chi connectivity index (χ3v) is 14.6. The van der Waals surface area contributed by atoms with Crippen LogP contribution in [0.4, 0.5) is 0 Å². The van der Waals surface area contributed by atoms with E-state index in [1.165, 1.54) is 7.11 Å². The first-order valence-corrected chi connectivity index (χ1v) is 19.7. The van der Waals surface area contributed by atoms with Gasteiger partial charge in [-0.05, 0) is 97.2 Å². The second-order valence-corrected chi connectivity index (χ2v) is 17.9. The Morgan fingerprint density at radius 3 is 2.14 bits per heavy atom. The van der Waals surface area contributed by atoms with Crippen LogP contribution in [0.2, 0.25) is 0 Å². The van der Waals surface area contributed by atoms with Crippen LogP contribution in [-0.4, -0.2) is 119 Å². The lowest BCUT2D eigenvalue weighted by Crippen LogP contribution is -2.64. The maximum absolute atomic E-state index is 11.9. The van der Waals surface area contributed by atoms with Gasteiger partial charge >= 0.3 is 0 Å². The first-order chi connectivity index (χ1) is 22.9. The van der Waals surface area contributed by atoms with Crippen molar-refractivity contribution in [2.45, 2.75) is 141 Å². The molecule has 286 valence electrons. The Labute approximate surface area is 291 Å². The van der Waals surface area contributed by atoms with Crippen molar-refractivity contribution in [3.63, 3.8) is 0 Å². The predicted molar refractivity (Wildman–Crippen MR) is 175 cm³/mol. The van der Waals surface area contributed by atoms with Gasteiger partial charge in [0.15, 0.2) is 6.29 Å². The van der Waals surface area contributed by atoms with Crippen LogP contribution in [0.3, 0.4) is 0 Å². The van der Waals surface area contributed by atoms with Crippen molar-refractivity contribution in [3.8, 4) is 0 Å². The van der Waals surface area contributed by atoms with Crippen LogP contribution in [0.25, 0.3) is 0 Å². The van der Waals surface area contributed by atoms with Gasteiger partial charge in [0.2, 0.25) is 10.4 Å². The zero-order valence-electron chi connectivity index (χ0n) is 29.8. The molecule has 6 N–H and O–H groups in total. The molecule has 18 atom stereocenters. The highest BCUT2D eigenvalue weighted by Gasteiger charge is 2.68. The van der Waals surface area contributed by atoms with Crippen molar-refractivity contribution in [2.75, 3.05) is 20.3 Å². The number of aliphatic hydroxyl groups excluding tert-OH is 6. The van der Waals surface area contributed by atoms with Crippen molar-refractivity contribution in [1.82, 2.24) is 0 Å². The Bertz CT molecular complexity index is 1220. The molecule has 1 aliphatic heterocycles. The van der Waals surface area contributed by atoms with E-state index < -0.39 is 82.3 Å². The fraction of sp³-hybridized carbons (Fsp3) is 1.00. The van der Waals surface area contributed by atoms with Gasteiger partial charge in [0, 0.05) is 13.0 Å². The highest BCUT2D eigenvalue weighted by atomic mass is 32.3. The van der Waals surface area contributed by atoms with Crippen LogP contribution < -0.4 is 0 Å². The minimum absolute atomic E-state index is 0.0127. The first-order valence-electron chi connectivity index (χ1n) is 18.3. The molecule has 49 heavy (non-hydrogen) atoms. The summed E-state index contributed by atoms with van der Waals surface area (Å²) in [6.07, 6.45) is -4.43. The number of aliphatic hydroxyl groups is 6. The number of hydrogen-bond acceptors (Lipinski definition) is 13. The van der Waals surface area contributed by atoms with E-state index in [1.807, 2.05) is 6.92 Å². The fourth-order valence-electron chi connectivity index (χ4n) is 11.6. The summed E-state index contributed by atoms with van der Waals surface area (Å²) in [5, 5.41) is 65.8. The molecule has 0 aromatic carbocycles. The number of fused-ring (bicyclic) bond motifs is 5. The highest BCUT2D eigenvalue weighted by molar-refractivity contribution is 7.80. The average molecular weight is 722 g/mol. The second kappa shape index (κ2) is 15.1. The number of hydrogen-bond donors (Lipinski definition) is 6. The highest BCUT2D eigenvalue weighted by Crippen LogP contribution is 2.68. The minimum atomic E-state index is -5.11. The third kappa shape index (κ3) is 7.50. The zero-order valence-corrected chi connectivity index (χ0v) is 30.7. The summed E-state index contributed by atoms with van der Waals surface area (Å²) in [5.74, 6) is -0.919. The van der Waals surface area contributed by atoms with E-state index in [9.17, 15) is 43.6 Å². The lowest BCUT2D eigenvalue weighted by atomic mass is 9.43. The molecule has 0 amide bonds. The molecule has 0 aromatic rings. The van der Waals surface area contributed by atoms with Crippen LogP contribution in [0.15, 0.2) is 0 Å². The van der Waals surface area contributed by atoms with E-state index in [2.05, 4.69) is 27.7 Å². The minimum Gasteiger partial charge on any atom is -0.726 e. The van der Waals surface area contributed by atoms with Crippen LogP contribution in [0.5, 0.6) is 0 Å². The lowest BCUT2D eigenvalue weighted by Gasteiger charge is -2.63. The molecule has 0 bridgehead atoms. The van der Waals surface area contributed by atoms with Gasteiger partial charge in [0.1, 0.15) is 18.3 Å². The molecule has 5 aliphatic rings. The molecular formula is C35H61O13S-. The van der Waals surface area contributed by atoms with E-state index in [0.717, 1.165) is 25.7 Å². The molecule has 14 heteroatoms. The SMILES string of the molecule is CO[C@@H]1CO[C@@H](OCC[C@@H](CC[C@@H](C)[C@H]2[C@@H](O)[C@@H](O)[C@H]3[C@@H]4C[C@H](OS(=O)(=O)[O-])[C@H]5[C@@H](O)[C@@H](O)CC[C@]5(C)[C@H]4CC[C@]23C)C(C)C)[C@H](O)[C@H]1O. The summed E-state index contributed by atoms with van der Waals surface area (Å²) in [6.45, 7) is 11.0. The van der Waals surface area contributed by atoms with Gasteiger partial charge in [-0.15, -0.1) is 0 Å². The molecule has 4 saturated carbocycles. The van der Waals surface area contributed by atoms with Crippen molar-refractivity contribution in [1.29, 1.82) is 0 Å². The first kappa shape index (κ1) is 39.7. The smallest absolute Gasteiger partial charge is 0.217 e. The van der Waals surface area contributed by atoms with E-state index in [1.54, 1.807) is 0 Å². The Kier molecular flexibility index (Phi) is 12.2. The molecule has 1 heterocycles. The number of rotatable bonds is 12. The fourth-order valence-corrected chi connectivity index (χ4v) is 12.1. The number of methoxy groups -OCH3 is 1.